The molecule has 0 aromatic heterocycles. The Balaban J connectivity index is 2.34. The highest BCUT2D eigenvalue weighted by Crippen LogP contribution is 2.18. The van der Waals surface area contributed by atoms with Crippen LogP contribution in [0.1, 0.15) is 12.8 Å². The fraction of sp³-hybridized carbons (Fsp3) is 0.778. The van der Waals surface area contributed by atoms with E-state index < -0.39 is 0 Å². The second kappa shape index (κ2) is 4.95. The summed E-state index contributed by atoms with van der Waals surface area (Å²) in [6.45, 7) is 0.662. The average molecular weight is 201 g/mol. The highest BCUT2D eigenvalue weighted by atomic mass is 16.5. The van der Waals surface area contributed by atoms with E-state index in [4.69, 9.17) is 0 Å². The van der Waals surface area contributed by atoms with E-state index in [1.165, 1.54) is 14.2 Å². The molecule has 0 radical (unpaired) electrons. The summed E-state index contributed by atoms with van der Waals surface area (Å²) in [6.07, 6.45) is 0.999. The zero-order valence-corrected chi connectivity index (χ0v) is 8.41. The van der Waals surface area contributed by atoms with Crippen LogP contribution >= 0.6 is 0 Å². The van der Waals surface area contributed by atoms with E-state index in [-0.39, 0.29) is 23.9 Å². The number of rotatable bonds is 3. The molecule has 1 saturated heterocycles. The van der Waals surface area contributed by atoms with Gasteiger partial charge in [0.05, 0.1) is 14.2 Å². The summed E-state index contributed by atoms with van der Waals surface area (Å²) in [5.74, 6) is -0.328. The molecule has 80 valence electrons. The lowest BCUT2D eigenvalue weighted by molar-refractivity contribution is -0.144. The third kappa shape index (κ3) is 2.70. The lowest BCUT2D eigenvalue weighted by Gasteiger charge is -2.07. The molecule has 1 fully saturated rings. The maximum Gasteiger partial charge on any atom is 0.322 e. The van der Waals surface area contributed by atoms with Crippen LogP contribution in [0, 0.1) is 5.92 Å². The maximum absolute atomic E-state index is 11.1. The van der Waals surface area contributed by atoms with Crippen molar-refractivity contribution in [2.75, 3.05) is 20.8 Å². The number of nitrogens with one attached hydrogen (secondary N) is 1. The Labute approximate surface area is 82.8 Å². The number of hydrogen-bond acceptors (Lipinski definition) is 5. The van der Waals surface area contributed by atoms with Gasteiger partial charge in [-0.3, -0.25) is 9.59 Å². The molecule has 2 atom stereocenters. The molecule has 1 aliphatic rings. The van der Waals surface area contributed by atoms with Crippen LogP contribution in [0.5, 0.6) is 0 Å². The van der Waals surface area contributed by atoms with Gasteiger partial charge in [0.2, 0.25) is 0 Å². The molecule has 1 heterocycles. The largest absolute Gasteiger partial charge is 0.469 e. The van der Waals surface area contributed by atoms with Crippen LogP contribution in [0.25, 0.3) is 0 Å². The van der Waals surface area contributed by atoms with Gasteiger partial charge in [-0.15, -0.1) is 0 Å². The van der Waals surface area contributed by atoms with E-state index in [1.807, 2.05) is 0 Å². The van der Waals surface area contributed by atoms with Gasteiger partial charge in [0.25, 0.3) is 0 Å². The Morgan fingerprint density at radius 2 is 2.07 bits per heavy atom. The molecule has 0 aromatic carbocycles. The minimum atomic E-state index is -0.269. The molecule has 14 heavy (non-hydrogen) atoms. The number of carbonyl (C=O) groups is 2. The summed E-state index contributed by atoms with van der Waals surface area (Å²) in [6, 6.07) is -0.269. The smallest absolute Gasteiger partial charge is 0.322 e. The first-order chi connectivity index (χ1) is 6.67. The molecule has 0 aliphatic carbocycles. The van der Waals surface area contributed by atoms with Crippen molar-refractivity contribution in [2.45, 2.75) is 18.9 Å². The van der Waals surface area contributed by atoms with Gasteiger partial charge in [0, 0.05) is 6.42 Å². The number of carbonyl (C=O) groups excluding carboxylic acids is 2. The predicted octanol–water partition coefficient (Wildman–Crippen LogP) is -0.299. The van der Waals surface area contributed by atoms with Crippen LogP contribution in [-0.2, 0) is 19.1 Å². The summed E-state index contributed by atoms with van der Waals surface area (Å²) in [4.78, 5) is 22.1. The number of hydrogen-bond donors (Lipinski definition) is 1. The normalized spacial score (nSPS) is 25.9. The van der Waals surface area contributed by atoms with Crippen LogP contribution in [-0.4, -0.2) is 38.7 Å². The third-order valence-corrected chi connectivity index (χ3v) is 2.39. The van der Waals surface area contributed by atoms with Crippen LogP contribution in [0.15, 0.2) is 0 Å². The average Bonchev–Trinajstić information content (AvgIpc) is 2.65. The van der Waals surface area contributed by atoms with Crippen molar-refractivity contribution in [3.63, 3.8) is 0 Å². The van der Waals surface area contributed by atoms with Crippen LogP contribution in [0.3, 0.4) is 0 Å². The second-order valence-electron chi connectivity index (χ2n) is 3.37. The molecule has 0 amide bonds. The highest BCUT2D eigenvalue weighted by molar-refractivity contribution is 5.76. The van der Waals surface area contributed by atoms with Crippen LogP contribution < -0.4 is 5.32 Å². The zero-order chi connectivity index (χ0) is 10.6. The highest BCUT2D eigenvalue weighted by Gasteiger charge is 2.31. The van der Waals surface area contributed by atoms with Crippen LogP contribution in [0.4, 0.5) is 0 Å². The number of ether oxygens (including phenoxy) is 2. The molecule has 0 spiro atoms. The van der Waals surface area contributed by atoms with Gasteiger partial charge in [-0.1, -0.05) is 0 Å². The lowest BCUT2D eigenvalue weighted by Crippen LogP contribution is -2.31. The quantitative estimate of drug-likeness (QED) is 0.635. The minimum Gasteiger partial charge on any atom is -0.469 e. The fourth-order valence-corrected chi connectivity index (χ4v) is 1.61. The maximum atomic E-state index is 11.1. The first kappa shape index (κ1) is 11.0. The van der Waals surface area contributed by atoms with E-state index in [9.17, 15) is 9.59 Å². The predicted molar refractivity (Wildman–Crippen MR) is 48.5 cm³/mol. The molecule has 1 aliphatic heterocycles. The molecule has 5 nitrogen and oxygen atoms in total. The van der Waals surface area contributed by atoms with E-state index in [2.05, 4.69) is 14.8 Å². The van der Waals surface area contributed by atoms with Gasteiger partial charge in [0.1, 0.15) is 6.04 Å². The Morgan fingerprint density at radius 3 is 2.64 bits per heavy atom. The Kier molecular flexibility index (Phi) is 3.88. The fourth-order valence-electron chi connectivity index (χ4n) is 1.61. The third-order valence-electron chi connectivity index (χ3n) is 2.39. The molecule has 0 saturated carbocycles. The molecule has 1 rings (SSSR count). The topological polar surface area (TPSA) is 64.6 Å². The molecule has 0 bridgehead atoms. The molecule has 0 aromatic rings. The van der Waals surface area contributed by atoms with E-state index in [0.29, 0.717) is 19.4 Å². The summed E-state index contributed by atoms with van der Waals surface area (Å²) in [5, 5.41) is 3.00. The van der Waals surface area contributed by atoms with Crippen molar-refractivity contribution in [3.05, 3.63) is 0 Å². The van der Waals surface area contributed by atoms with Crippen molar-refractivity contribution >= 4 is 11.9 Å². The van der Waals surface area contributed by atoms with E-state index >= 15 is 0 Å². The summed E-state index contributed by atoms with van der Waals surface area (Å²) < 4.78 is 9.15. The second-order valence-corrected chi connectivity index (χ2v) is 3.37. The molecular formula is C9H15NO4. The van der Waals surface area contributed by atoms with Crippen LogP contribution in [0.2, 0.25) is 0 Å². The Morgan fingerprint density at radius 1 is 1.36 bits per heavy atom. The number of methoxy groups -OCH3 is 2. The van der Waals surface area contributed by atoms with Crippen molar-refractivity contribution in [2.24, 2.45) is 5.92 Å². The van der Waals surface area contributed by atoms with Crippen molar-refractivity contribution in [3.8, 4) is 0 Å². The van der Waals surface area contributed by atoms with Crippen molar-refractivity contribution in [1.82, 2.24) is 5.32 Å². The van der Waals surface area contributed by atoms with Gasteiger partial charge in [0.15, 0.2) is 0 Å². The van der Waals surface area contributed by atoms with Gasteiger partial charge < -0.3 is 14.8 Å². The van der Waals surface area contributed by atoms with Gasteiger partial charge >= 0.3 is 11.9 Å². The van der Waals surface area contributed by atoms with Gasteiger partial charge in [-0.05, 0) is 18.9 Å². The Hall–Kier alpha value is -1.10. The van der Waals surface area contributed by atoms with E-state index in [0.717, 1.165) is 0 Å². The number of esters is 2. The SMILES string of the molecule is COC(=O)C[C@@H]1CN[C@H](C(=O)OC)C1. The summed E-state index contributed by atoms with van der Waals surface area (Å²) in [7, 11) is 2.72. The minimum absolute atomic E-state index is 0.173. The summed E-state index contributed by atoms with van der Waals surface area (Å²) in [5.41, 5.74) is 0. The molecule has 1 N–H and O–H groups in total. The zero-order valence-electron chi connectivity index (χ0n) is 8.41. The van der Waals surface area contributed by atoms with Crippen molar-refractivity contribution in [1.29, 1.82) is 0 Å². The molecule has 5 heteroatoms. The van der Waals surface area contributed by atoms with Gasteiger partial charge in [-0.2, -0.15) is 0 Å². The van der Waals surface area contributed by atoms with E-state index in [1.54, 1.807) is 0 Å². The first-order valence-corrected chi connectivity index (χ1v) is 4.55. The monoisotopic (exact) mass is 201 g/mol. The molecular weight excluding hydrogens is 186 g/mol. The Bertz CT molecular complexity index is 229. The van der Waals surface area contributed by atoms with Crippen molar-refractivity contribution < 1.29 is 19.1 Å². The molecule has 0 unspecified atom stereocenters. The lowest BCUT2D eigenvalue weighted by atomic mass is 10.0. The standard InChI is InChI=1S/C9H15NO4/c1-13-8(11)4-6-3-7(10-5-6)9(12)14-2/h6-7,10H,3-5H2,1-2H3/t6-,7+/m1/s1. The first-order valence-electron chi connectivity index (χ1n) is 4.55. The van der Waals surface area contributed by atoms with Gasteiger partial charge in [-0.25, -0.2) is 0 Å². The summed E-state index contributed by atoms with van der Waals surface area (Å²) >= 11 is 0.